The van der Waals surface area contributed by atoms with Gasteiger partial charge >= 0.3 is 0 Å². The van der Waals surface area contributed by atoms with Crippen LogP contribution in [0.15, 0.2) is 51.4 Å². The van der Waals surface area contributed by atoms with Crippen molar-refractivity contribution in [1.82, 2.24) is 0 Å². The highest BCUT2D eigenvalue weighted by Crippen LogP contribution is 2.34. The topological polar surface area (TPSA) is 58.9 Å². The van der Waals surface area contributed by atoms with E-state index in [1.165, 1.54) is 44.3 Å². The van der Waals surface area contributed by atoms with Gasteiger partial charge < -0.3 is 19.7 Å². The van der Waals surface area contributed by atoms with Crippen LogP contribution in [0.3, 0.4) is 0 Å². The second-order valence-corrected chi connectivity index (χ2v) is 4.32. The molecule has 20 heavy (non-hydrogen) atoms. The van der Waals surface area contributed by atoms with Crippen molar-refractivity contribution in [3.63, 3.8) is 0 Å². The predicted octanol–water partition coefficient (Wildman–Crippen LogP) is 3.50. The van der Waals surface area contributed by atoms with Crippen molar-refractivity contribution in [1.29, 1.82) is 0 Å². The zero-order valence-corrected chi connectivity index (χ0v) is 12.3. The Morgan fingerprint density at radius 1 is 0.750 bits per heavy atom. The Labute approximate surface area is 122 Å². The van der Waals surface area contributed by atoms with Crippen LogP contribution in [0.5, 0.6) is 0 Å². The first-order valence-electron chi connectivity index (χ1n) is 6.62. The molecule has 116 valence electrons. The lowest BCUT2D eigenvalue weighted by Crippen LogP contribution is -2.31. The quantitative estimate of drug-likeness (QED) is 0.733. The smallest absolute Gasteiger partial charge is 0.0829 e. The van der Waals surface area contributed by atoms with E-state index in [-0.39, 0.29) is 18.6 Å². The summed E-state index contributed by atoms with van der Waals surface area (Å²) < 4.78 is 8.72. The van der Waals surface area contributed by atoms with E-state index in [1.54, 1.807) is 0 Å². The first kappa shape index (κ1) is 20.8. The lowest BCUT2D eigenvalue weighted by atomic mass is 9.75. The van der Waals surface area contributed by atoms with E-state index >= 15 is 0 Å². The fraction of sp³-hybridized carbons (Fsp3) is 0.500. The van der Waals surface area contributed by atoms with Gasteiger partial charge in [-0.15, -0.1) is 0 Å². The maximum atomic E-state index is 8.98. The average Bonchev–Trinajstić information content (AvgIpc) is 2.51. The van der Waals surface area contributed by atoms with Crippen LogP contribution in [0.1, 0.15) is 32.1 Å². The lowest BCUT2D eigenvalue weighted by Gasteiger charge is -2.33. The van der Waals surface area contributed by atoms with Crippen LogP contribution in [-0.4, -0.2) is 23.4 Å². The third kappa shape index (κ3) is 11.6. The number of rotatable bonds is 6. The van der Waals surface area contributed by atoms with Crippen LogP contribution in [0.2, 0.25) is 0 Å². The van der Waals surface area contributed by atoms with E-state index in [2.05, 4.69) is 35.8 Å². The second-order valence-electron chi connectivity index (χ2n) is 4.32. The molecule has 2 N–H and O–H groups in total. The molecule has 1 rings (SSSR count). The maximum absolute atomic E-state index is 8.98. The standard InChI is InChI=1S/C8H16O2.2C4H6O/c9-6-8(7-10)4-2-1-3-5-8;2*1-3-5-4-2/h9-10H,1-7H2;2*3-4H,1-2H2. The molecule has 0 aliphatic heterocycles. The molecule has 1 fully saturated rings. The van der Waals surface area contributed by atoms with Gasteiger partial charge in [0.1, 0.15) is 0 Å². The van der Waals surface area contributed by atoms with E-state index in [1.807, 2.05) is 0 Å². The van der Waals surface area contributed by atoms with Gasteiger partial charge in [-0.05, 0) is 12.8 Å². The molecular weight excluding hydrogens is 256 g/mol. The van der Waals surface area contributed by atoms with E-state index < -0.39 is 0 Å². The van der Waals surface area contributed by atoms with Crippen molar-refractivity contribution in [3.05, 3.63) is 51.4 Å². The Bertz CT molecular complexity index is 223. The molecule has 0 unspecified atom stereocenters. The average molecular weight is 284 g/mol. The summed E-state index contributed by atoms with van der Waals surface area (Å²) in [5.41, 5.74) is -0.127. The monoisotopic (exact) mass is 284 g/mol. The van der Waals surface area contributed by atoms with Crippen molar-refractivity contribution in [2.75, 3.05) is 13.2 Å². The molecule has 0 spiro atoms. The van der Waals surface area contributed by atoms with Crippen LogP contribution >= 0.6 is 0 Å². The molecule has 1 saturated carbocycles. The first-order chi connectivity index (χ1) is 9.66. The zero-order chi connectivity index (χ0) is 15.7. The summed E-state index contributed by atoms with van der Waals surface area (Å²) >= 11 is 0. The third-order valence-corrected chi connectivity index (χ3v) is 2.97. The number of aliphatic hydroxyl groups is 2. The Morgan fingerprint density at radius 2 is 1.10 bits per heavy atom. The predicted molar refractivity (Wildman–Crippen MR) is 82.6 cm³/mol. The highest BCUT2D eigenvalue weighted by molar-refractivity contribution is 4.81. The van der Waals surface area contributed by atoms with Crippen molar-refractivity contribution in [2.45, 2.75) is 32.1 Å². The number of hydrogen-bond donors (Lipinski definition) is 2. The molecule has 0 aromatic heterocycles. The molecule has 4 nitrogen and oxygen atoms in total. The summed E-state index contributed by atoms with van der Waals surface area (Å²) in [6.45, 7) is 13.3. The van der Waals surface area contributed by atoms with Gasteiger partial charge in [-0.25, -0.2) is 0 Å². The van der Waals surface area contributed by atoms with Crippen molar-refractivity contribution >= 4 is 0 Å². The second kappa shape index (κ2) is 15.5. The molecule has 1 aliphatic rings. The van der Waals surface area contributed by atoms with Gasteiger partial charge in [0.05, 0.1) is 38.3 Å². The molecule has 0 amide bonds. The highest BCUT2D eigenvalue weighted by Gasteiger charge is 2.30. The molecule has 0 aromatic rings. The largest absolute Gasteiger partial charge is 0.474 e. The minimum absolute atomic E-state index is 0.127. The molecule has 0 bridgehead atoms. The number of ether oxygens (including phenoxy) is 2. The zero-order valence-electron chi connectivity index (χ0n) is 12.3. The van der Waals surface area contributed by atoms with Crippen LogP contribution in [0.4, 0.5) is 0 Å². The van der Waals surface area contributed by atoms with E-state index in [0.717, 1.165) is 12.8 Å². The van der Waals surface area contributed by atoms with Gasteiger partial charge in [-0.3, -0.25) is 0 Å². The van der Waals surface area contributed by atoms with E-state index in [0.29, 0.717) is 0 Å². The van der Waals surface area contributed by atoms with Crippen molar-refractivity contribution in [3.8, 4) is 0 Å². The van der Waals surface area contributed by atoms with Gasteiger partial charge in [-0.2, -0.15) is 0 Å². The van der Waals surface area contributed by atoms with Gasteiger partial charge in [0.15, 0.2) is 0 Å². The van der Waals surface area contributed by atoms with Crippen LogP contribution in [0.25, 0.3) is 0 Å². The summed E-state index contributed by atoms with van der Waals surface area (Å²) in [5.74, 6) is 0. The molecular formula is C16H28O4. The summed E-state index contributed by atoms with van der Waals surface area (Å²) in [6, 6.07) is 0. The number of hydrogen-bond acceptors (Lipinski definition) is 4. The molecule has 0 aromatic carbocycles. The summed E-state index contributed by atoms with van der Waals surface area (Å²) in [6.07, 6.45) is 10.9. The minimum Gasteiger partial charge on any atom is -0.474 e. The Morgan fingerprint density at radius 3 is 1.25 bits per heavy atom. The normalized spacial score (nSPS) is 15.1. The molecule has 1 aliphatic carbocycles. The molecule has 4 heteroatoms. The Hall–Kier alpha value is -1.52. The maximum Gasteiger partial charge on any atom is 0.0829 e. The van der Waals surface area contributed by atoms with Crippen LogP contribution in [-0.2, 0) is 9.47 Å². The SMILES string of the molecule is C=COC=C.C=COC=C.OCC1(CO)CCCCC1. The Balaban J connectivity index is 0. The molecule has 0 radical (unpaired) electrons. The van der Waals surface area contributed by atoms with Crippen molar-refractivity contribution < 1.29 is 19.7 Å². The van der Waals surface area contributed by atoms with E-state index in [9.17, 15) is 0 Å². The fourth-order valence-corrected chi connectivity index (χ4v) is 1.80. The van der Waals surface area contributed by atoms with Crippen LogP contribution < -0.4 is 0 Å². The lowest BCUT2D eigenvalue weighted by molar-refractivity contribution is 0.0234. The summed E-state index contributed by atoms with van der Waals surface area (Å²) in [5, 5.41) is 18.0. The molecule has 0 heterocycles. The Kier molecular flexibility index (Phi) is 16.2. The fourth-order valence-electron chi connectivity index (χ4n) is 1.80. The van der Waals surface area contributed by atoms with Crippen molar-refractivity contribution in [2.24, 2.45) is 5.41 Å². The van der Waals surface area contributed by atoms with Gasteiger partial charge in [0.2, 0.25) is 0 Å². The van der Waals surface area contributed by atoms with E-state index in [4.69, 9.17) is 10.2 Å². The number of aliphatic hydroxyl groups excluding tert-OH is 2. The summed E-state index contributed by atoms with van der Waals surface area (Å²) in [7, 11) is 0. The summed E-state index contributed by atoms with van der Waals surface area (Å²) in [4.78, 5) is 0. The molecule has 0 atom stereocenters. The third-order valence-electron chi connectivity index (χ3n) is 2.97. The van der Waals surface area contributed by atoms with Gasteiger partial charge in [-0.1, -0.05) is 45.6 Å². The van der Waals surface area contributed by atoms with Gasteiger partial charge in [0.25, 0.3) is 0 Å². The minimum atomic E-state index is -0.127. The highest BCUT2D eigenvalue weighted by atomic mass is 16.5. The van der Waals surface area contributed by atoms with Crippen LogP contribution in [0, 0.1) is 5.41 Å². The van der Waals surface area contributed by atoms with Gasteiger partial charge in [0, 0.05) is 5.41 Å². The first-order valence-corrected chi connectivity index (χ1v) is 6.62. The molecule has 0 saturated heterocycles.